The SMILES string of the molecule is CCCNC(c1ccc(C(C)C)cc1)c1cnsn1. The number of benzene rings is 1. The lowest BCUT2D eigenvalue weighted by Gasteiger charge is -2.17. The van der Waals surface area contributed by atoms with Crippen LogP contribution in [-0.4, -0.2) is 15.3 Å². The molecule has 0 fully saturated rings. The van der Waals surface area contributed by atoms with E-state index in [9.17, 15) is 0 Å². The van der Waals surface area contributed by atoms with Gasteiger partial charge in [0.1, 0.15) is 0 Å². The standard InChI is InChI=1S/C15H21N3S/c1-4-9-16-15(14-10-17-19-18-14)13-7-5-12(6-8-13)11(2)3/h5-8,10-11,15-16H,4,9H2,1-3H3. The highest BCUT2D eigenvalue weighted by molar-refractivity contribution is 6.99. The van der Waals surface area contributed by atoms with Crippen molar-refractivity contribution >= 4 is 11.7 Å². The second-order valence-electron chi connectivity index (χ2n) is 5.04. The van der Waals surface area contributed by atoms with Gasteiger partial charge in [-0.3, -0.25) is 0 Å². The van der Waals surface area contributed by atoms with E-state index in [-0.39, 0.29) is 6.04 Å². The van der Waals surface area contributed by atoms with Gasteiger partial charge in [-0.2, -0.15) is 8.75 Å². The molecule has 0 aliphatic carbocycles. The van der Waals surface area contributed by atoms with E-state index < -0.39 is 0 Å². The minimum absolute atomic E-state index is 0.153. The van der Waals surface area contributed by atoms with Gasteiger partial charge in [-0.1, -0.05) is 45.0 Å². The Morgan fingerprint density at radius 3 is 2.37 bits per heavy atom. The normalized spacial score (nSPS) is 12.8. The van der Waals surface area contributed by atoms with Crippen molar-refractivity contribution in [2.45, 2.75) is 39.2 Å². The Morgan fingerprint density at radius 1 is 1.16 bits per heavy atom. The third-order valence-corrected chi connectivity index (χ3v) is 3.70. The summed E-state index contributed by atoms with van der Waals surface area (Å²) in [6.45, 7) is 7.58. The molecule has 102 valence electrons. The van der Waals surface area contributed by atoms with Gasteiger partial charge in [0.2, 0.25) is 0 Å². The summed E-state index contributed by atoms with van der Waals surface area (Å²) in [6, 6.07) is 8.96. The topological polar surface area (TPSA) is 37.8 Å². The predicted molar refractivity (Wildman–Crippen MR) is 80.6 cm³/mol. The summed E-state index contributed by atoms with van der Waals surface area (Å²) in [7, 11) is 0. The summed E-state index contributed by atoms with van der Waals surface area (Å²) in [4.78, 5) is 0. The number of nitrogens with zero attached hydrogens (tertiary/aromatic N) is 2. The van der Waals surface area contributed by atoms with E-state index in [0.717, 1.165) is 18.7 Å². The molecule has 0 amide bonds. The Balaban J connectivity index is 2.22. The fourth-order valence-corrected chi connectivity index (χ4v) is 2.50. The van der Waals surface area contributed by atoms with Gasteiger partial charge in [0.05, 0.1) is 29.7 Å². The molecule has 1 heterocycles. The second-order valence-corrected chi connectivity index (χ2v) is 5.60. The van der Waals surface area contributed by atoms with E-state index in [4.69, 9.17) is 0 Å². The zero-order chi connectivity index (χ0) is 13.7. The Morgan fingerprint density at radius 2 is 1.84 bits per heavy atom. The highest BCUT2D eigenvalue weighted by atomic mass is 32.1. The molecule has 3 nitrogen and oxygen atoms in total. The van der Waals surface area contributed by atoms with Gasteiger partial charge >= 0.3 is 0 Å². The third-order valence-electron chi connectivity index (χ3n) is 3.21. The molecule has 0 saturated heterocycles. The molecule has 4 heteroatoms. The molecule has 19 heavy (non-hydrogen) atoms. The lowest BCUT2D eigenvalue weighted by atomic mass is 9.98. The molecule has 0 aliphatic heterocycles. The smallest absolute Gasteiger partial charge is 0.0957 e. The number of aromatic nitrogens is 2. The van der Waals surface area contributed by atoms with Crippen molar-refractivity contribution in [3.05, 3.63) is 47.3 Å². The summed E-state index contributed by atoms with van der Waals surface area (Å²) in [5.74, 6) is 0.567. The number of nitrogens with one attached hydrogen (secondary N) is 1. The Bertz CT molecular complexity index is 477. The molecule has 2 aromatic rings. The Hall–Kier alpha value is -1.26. The average Bonchev–Trinajstić information content (AvgIpc) is 2.94. The summed E-state index contributed by atoms with van der Waals surface area (Å²) in [5.41, 5.74) is 3.63. The molecule has 1 aromatic carbocycles. The molecular weight excluding hydrogens is 254 g/mol. The lowest BCUT2D eigenvalue weighted by molar-refractivity contribution is 0.589. The van der Waals surface area contributed by atoms with Crippen LogP contribution in [0.2, 0.25) is 0 Å². The van der Waals surface area contributed by atoms with Crippen LogP contribution >= 0.6 is 11.7 Å². The molecule has 0 spiro atoms. The summed E-state index contributed by atoms with van der Waals surface area (Å²) in [6.07, 6.45) is 2.96. The van der Waals surface area contributed by atoms with Crippen LogP contribution in [0.5, 0.6) is 0 Å². The van der Waals surface area contributed by atoms with Crippen molar-refractivity contribution in [1.29, 1.82) is 0 Å². The van der Waals surface area contributed by atoms with E-state index in [1.807, 2.05) is 6.20 Å². The fraction of sp³-hybridized carbons (Fsp3) is 0.467. The van der Waals surface area contributed by atoms with Crippen molar-refractivity contribution < 1.29 is 0 Å². The molecule has 0 aliphatic rings. The van der Waals surface area contributed by atoms with Gasteiger partial charge in [0.25, 0.3) is 0 Å². The maximum atomic E-state index is 4.37. The van der Waals surface area contributed by atoms with Crippen LogP contribution in [0.15, 0.2) is 30.5 Å². The monoisotopic (exact) mass is 275 g/mol. The summed E-state index contributed by atoms with van der Waals surface area (Å²) >= 11 is 1.26. The first-order valence-electron chi connectivity index (χ1n) is 6.83. The largest absolute Gasteiger partial charge is 0.305 e. The number of hydrogen-bond donors (Lipinski definition) is 1. The van der Waals surface area contributed by atoms with E-state index in [1.165, 1.54) is 22.9 Å². The third kappa shape index (κ3) is 3.61. The van der Waals surface area contributed by atoms with Crippen LogP contribution in [0.3, 0.4) is 0 Å². The summed E-state index contributed by atoms with van der Waals surface area (Å²) < 4.78 is 8.48. The van der Waals surface area contributed by atoms with Crippen molar-refractivity contribution in [1.82, 2.24) is 14.1 Å². The summed E-state index contributed by atoms with van der Waals surface area (Å²) in [5, 5.41) is 3.54. The van der Waals surface area contributed by atoms with Crippen LogP contribution in [0, 0.1) is 0 Å². The van der Waals surface area contributed by atoms with Crippen molar-refractivity contribution in [3.8, 4) is 0 Å². The van der Waals surface area contributed by atoms with Crippen LogP contribution in [0.1, 0.15) is 56.0 Å². The van der Waals surface area contributed by atoms with E-state index in [1.54, 1.807) is 0 Å². The zero-order valence-electron chi connectivity index (χ0n) is 11.8. The first-order chi connectivity index (χ1) is 9.22. The van der Waals surface area contributed by atoms with E-state index >= 15 is 0 Å². The highest BCUT2D eigenvalue weighted by Gasteiger charge is 2.16. The molecule has 1 unspecified atom stereocenters. The van der Waals surface area contributed by atoms with E-state index in [2.05, 4.69) is 59.1 Å². The highest BCUT2D eigenvalue weighted by Crippen LogP contribution is 2.23. The van der Waals surface area contributed by atoms with Crippen molar-refractivity contribution in [3.63, 3.8) is 0 Å². The minimum Gasteiger partial charge on any atom is -0.305 e. The molecule has 2 rings (SSSR count). The first kappa shape index (κ1) is 14.2. The van der Waals surface area contributed by atoms with E-state index in [0.29, 0.717) is 5.92 Å². The molecule has 1 atom stereocenters. The molecule has 0 bridgehead atoms. The van der Waals surface area contributed by atoms with Gasteiger partial charge in [-0.25, -0.2) is 0 Å². The van der Waals surface area contributed by atoms with Crippen LogP contribution < -0.4 is 5.32 Å². The van der Waals surface area contributed by atoms with Crippen molar-refractivity contribution in [2.24, 2.45) is 0 Å². The molecular formula is C15H21N3S. The Labute approximate surface area is 119 Å². The maximum absolute atomic E-state index is 4.37. The van der Waals surface area contributed by atoms with Crippen LogP contribution in [0.4, 0.5) is 0 Å². The van der Waals surface area contributed by atoms with Gasteiger partial charge < -0.3 is 5.32 Å². The molecule has 0 radical (unpaired) electrons. The van der Waals surface area contributed by atoms with Gasteiger partial charge in [-0.05, 0) is 30.0 Å². The zero-order valence-corrected chi connectivity index (χ0v) is 12.6. The fourth-order valence-electron chi connectivity index (χ4n) is 2.05. The molecule has 1 N–H and O–H groups in total. The molecule has 1 aromatic heterocycles. The molecule has 0 saturated carbocycles. The van der Waals surface area contributed by atoms with Crippen LogP contribution in [0.25, 0.3) is 0 Å². The lowest BCUT2D eigenvalue weighted by Crippen LogP contribution is -2.23. The predicted octanol–water partition coefficient (Wildman–Crippen LogP) is 3.75. The van der Waals surface area contributed by atoms with Gasteiger partial charge in [0.15, 0.2) is 0 Å². The second kappa shape index (κ2) is 6.78. The minimum atomic E-state index is 0.153. The van der Waals surface area contributed by atoms with Crippen molar-refractivity contribution in [2.75, 3.05) is 6.54 Å². The quantitative estimate of drug-likeness (QED) is 0.872. The van der Waals surface area contributed by atoms with Gasteiger partial charge in [0, 0.05) is 0 Å². The van der Waals surface area contributed by atoms with Gasteiger partial charge in [-0.15, -0.1) is 0 Å². The Kier molecular flexibility index (Phi) is 5.05. The number of rotatable bonds is 6. The number of hydrogen-bond acceptors (Lipinski definition) is 4. The maximum Gasteiger partial charge on any atom is 0.0957 e. The first-order valence-corrected chi connectivity index (χ1v) is 7.56. The average molecular weight is 275 g/mol. The van der Waals surface area contributed by atoms with Crippen LogP contribution in [-0.2, 0) is 0 Å².